The first-order chi connectivity index (χ1) is 12.0. The highest BCUT2D eigenvalue weighted by Gasteiger charge is 2.13. The molecule has 6 heteroatoms. The molecule has 126 valence electrons. The summed E-state index contributed by atoms with van der Waals surface area (Å²) in [6, 6.07) is 15.4. The van der Waals surface area contributed by atoms with E-state index in [1.165, 1.54) is 17.6 Å². The van der Waals surface area contributed by atoms with Crippen molar-refractivity contribution >= 4 is 34.1 Å². The standard InChI is InChI=1S/C19H17N3O3/c1-12(23)20-13-6-5-7-14(10-13)21-19(25)16-11-18(24)22(2)17-9-4-3-8-15(16)17/h3-11H,1-2H3,(H,20,23)(H,21,25). The molecular formula is C19H17N3O3. The molecule has 0 saturated heterocycles. The Morgan fingerprint density at radius 1 is 0.920 bits per heavy atom. The van der Waals surface area contributed by atoms with Crippen LogP contribution in [0, 0.1) is 0 Å². The van der Waals surface area contributed by atoms with Crippen molar-refractivity contribution in [3.05, 3.63) is 70.5 Å². The molecule has 25 heavy (non-hydrogen) atoms. The Hall–Kier alpha value is -3.41. The molecule has 0 aliphatic carbocycles. The molecule has 6 nitrogen and oxygen atoms in total. The number of hydrogen-bond donors (Lipinski definition) is 2. The number of fused-ring (bicyclic) bond motifs is 1. The smallest absolute Gasteiger partial charge is 0.256 e. The maximum absolute atomic E-state index is 12.7. The van der Waals surface area contributed by atoms with Crippen LogP contribution in [-0.2, 0) is 11.8 Å². The normalized spacial score (nSPS) is 10.5. The summed E-state index contributed by atoms with van der Waals surface area (Å²) in [5.74, 6) is -0.574. The Kier molecular flexibility index (Phi) is 4.35. The number of anilines is 2. The molecule has 0 saturated carbocycles. The van der Waals surface area contributed by atoms with Gasteiger partial charge in [-0.3, -0.25) is 14.4 Å². The molecule has 3 rings (SSSR count). The van der Waals surface area contributed by atoms with Gasteiger partial charge in [-0.15, -0.1) is 0 Å². The highest BCUT2D eigenvalue weighted by molar-refractivity contribution is 6.12. The van der Waals surface area contributed by atoms with Crippen molar-refractivity contribution in [1.82, 2.24) is 4.57 Å². The summed E-state index contributed by atoms with van der Waals surface area (Å²) in [6.07, 6.45) is 0. The topological polar surface area (TPSA) is 80.2 Å². The number of benzene rings is 2. The summed E-state index contributed by atoms with van der Waals surface area (Å²) in [5.41, 5.74) is 1.85. The van der Waals surface area contributed by atoms with E-state index in [2.05, 4.69) is 10.6 Å². The summed E-state index contributed by atoms with van der Waals surface area (Å²) in [6.45, 7) is 1.41. The number of rotatable bonds is 3. The van der Waals surface area contributed by atoms with Gasteiger partial charge in [0.25, 0.3) is 11.5 Å². The number of pyridine rings is 1. The van der Waals surface area contributed by atoms with Gasteiger partial charge in [0.1, 0.15) is 0 Å². The molecule has 2 N–H and O–H groups in total. The van der Waals surface area contributed by atoms with Gasteiger partial charge in [0, 0.05) is 36.8 Å². The molecule has 0 spiro atoms. The molecule has 2 aromatic carbocycles. The molecule has 3 aromatic rings. The number of nitrogens with zero attached hydrogens (tertiary/aromatic N) is 1. The van der Waals surface area contributed by atoms with Crippen LogP contribution in [0.4, 0.5) is 11.4 Å². The zero-order valence-corrected chi connectivity index (χ0v) is 13.9. The molecule has 2 amide bonds. The van der Waals surface area contributed by atoms with Gasteiger partial charge in [0.15, 0.2) is 0 Å². The van der Waals surface area contributed by atoms with E-state index in [1.54, 1.807) is 43.4 Å². The fourth-order valence-corrected chi connectivity index (χ4v) is 2.67. The number of carbonyl (C=O) groups is 2. The van der Waals surface area contributed by atoms with Crippen LogP contribution >= 0.6 is 0 Å². The van der Waals surface area contributed by atoms with Gasteiger partial charge >= 0.3 is 0 Å². The minimum absolute atomic E-state index is 0.193. The predicted molar refractivity (Wildman–Crippen MR) is 97.9 cm³/mol. The number of aromatic nitrogens is 1. The Morgan fingerprint density at radius 2 is 1.60 bits per heavy atom. The van der Waals surface area contributed by atoms with Crippen molar-refractivity contribution < 1.29 is 9.59 Å². The van der Waals surface area contributed by atoms with Crippen molar-refractivity contribution in [2.24, 2.45) is 7.05 Å². The third-order valence-corrected chi connectivity index (χ3v) is 3.84. The second-order valence-corrected chi connectivity index (χ2v) is 5.69. The Bertz CT molecular complexity index is 1040. The van der Waals surface area contributed by atoms with E-state index in [4.69, 9.17) is 0 Å². The van der Waals surface area contributed by atoms with Gasteiger partial charge in [-0.05, 0) is 24.3 Å². The molecule has 1 aromatic heterocycles. The lowest BCUT2D eigenvalue weighted by atomic mass is 10.1. The van der Waals surface area contributed by atoms with Crippen molar-refractivity contribution in [3.63, 3.8) is 0 Å². The van der Waals surface area contributed by atoms with Crippen LogP contribution in [0.25, 0.3) is 10.9 Å². The van der Waals surface area contributed by atoms with E-state index in [9.17, 15) is 14.4 Å². The molecular weight excluding hydrogens is 318 g/mol. The maximum Gasteiger partial charge on any atom is 0.256 e. The summed E-state index contributed by atoms with van der Waals surface area (Å²) in [7, 11) is 1.67. The summed E-state index contributed by atoms with van der Waals surface area (Å²) >= 11 is 0. The number of amides is 2. The van der Waals surface area contributed by atoms with Gasteiger partial charge in [-0.2, -0.15) is 0 Å². The van der Waals surface area contributed by atoms with Crippen molar-refractivity contribution in [1.29, 1.82) is 0 Å². The third-order valence-electron chi connectivity index (χ3n) is 3.84. The Labute approximate surface area is 144 Å². The second kappa shape index (κ2) is 6.60. The van der Waals surface area contributed by atoms with E-state index >= 15 is 0 Å². The zero-order valence-electron chi connectivity index (χ0n) is 13.9. The van der Waals surface area contributed by atoms with E-state index in [0.29, 0.717) is 27.8 Å². The lowest BCUT2D eigenvalue weighted by Crippen LogP contribution is -2.21. The first-order valence-corrected chi connectivity index (χ1v) is 7.73. The van der Waals surface area contributed by atoms with Crippen molar-refractivity contribution in [2.45, 2.75) is 6.92 Å². The summed E-state index contributed by atoms with van der Waals surface area (Å²) in [4.78, 5) is 35.9. The van der Waals surface area contributed by atoms with Crippen LogP contribution in [0.5, 0.6) is 0 Å². The van der Waals surface area contributed by atoms with E-state index in [0.717, 1.165) is 0 Å². The molecule has 0 aliphatic heterocycles. The lowest BCUT2D eigenvalue weighted by Gasteiger charge is -2.11. The van der Waals surface area contributed by atoms with E-state index in [1.807, 2.05) is 12.1 Å². The van der Waals surface area contributed by atoms with E-state index < -0.39 is 0 Å². The maximum atomic E-state index is 12.7. The average Bonchev–Trinajstić information content (AvgIpc) is 2.58. The predicted octanol–water partition coefficient (Wildman–Crippen LogP) is 2.75. The van der Waals surface area contributed by atoms with Gasteiger partial charge in [-0.1, -0.05) is 24.3 Å². The van der Waals surface area contributed by atoms with Gasteiger partial charge < -0.3 is 15.2 Å². The third kappa shape index (κ3) is 3.42. The number of para-hydroxylation sites is 1. The minimum atomic E-state index is -0.381. The molecule has 1 heterocycles. The van der Waals surface area contributed by atoms with Crippen LogP contribution in [0.15, 0.2) is 59.4 Å². The molecule has 0 aliphatic rings. The van der Waals surface area contributed by atoms with Gasteiger partial charge in [0.2, 0.25) is 5.91 Å². The second-order valence-electron chi connectivity index (χ2n) is 5.69. The number of aryl methyl sites for hydroxylation is 1. The number of hydrogen-bond acceptors (Lipinski definition) is 3. The molecule has 0 bridgehead atoms. The fraction of sp³-hybridized carbons (Fsp3) is 0.105. The quantitative estimate of drug-likeness (QED) is 0.772. The largest absolute Gasteiger partial charge is 0.326 e. The number of nitrogens with one attached hydrogen (secondary N) is 2. The highest BCUT2D eigenvalue weighted by Crippen LogP contribution is 2.19. The van der Waals surface area contributed by atoms with Gasteiger partial charge in [-0.25, -0.2) is 0 Å². The molecule has 0 atom stereocenters. The zero-order chi connectivity index (χ0) is 18.0. The lowest BCUT2D eigenvalue weighted by molar-refractivity contribution is -0.114. The highest BCUT2D eigenvalue weighted by atomic mass is 16.2. The van der Waals surface area contributed by atoms with E-state index in [-0.39, 0.29) is 17.4 Å². The Balaban J connectivity index is 1.97. The SMILES string of the molecule is CC(=O)Nc1cccc(NC(=O)c2cc(=O)n(C)c3ccccc23)c1. The van der Waals surface area contributed by atoms with Crippen LogP contribution < -0.4 is 16.2 Å². The molecule has 0 radical (unpaired) electrons. The first kappa shape index (κ1) is 16.4. The Morgan fingerprint density at radius 3 is 2.32 bits per heavy atom. The average molecular weight is 335 g/mol. The van der Waals surface area contributed by atoms with Crippen molar-refractivity contribution in [2.75, 3.05) is 10.6 Å². The summed E-state index contributed by atoms with van der Waals surface area (Å²) in [5, 5.41) is 6.13. The van der Waals surface area contributed by atoms with Crippen LogP contribution in [0.2, 0.25) is 0 Å². The minimum Gasteiger partial charge on any atom is -0.326 e. The van der Waals surface area contributed by atoms with Crippen molar-refractivity contribution in [3.8, 4) is 0 Å². The first-order valence-electron chi connectivity index (χ1n) is 7.73. The van der Waals surface area contributed by atoms with Crippen LogP contribution in [0.3, 0.4) is 0 Å². The summed E-state index contributed by atoms with van der Waals surface area (Å²) < 4.78 is 1.50. The van der Waals surface area contributed by atoms with Gasteiger partial charge in [0.05, 0.1) is 11.1 Å². The molecule has 0 unspecified atom stereocenters. The van der Waals surface area contributed by atoms with Crippen LogP contribution in [0.1, 0.15) is 17.3 Å². The number of carbonyl (C=O) groups excluding carboxylic acids is 2. The van der Waals surface area contributed by atoms with Crippen LogP contribution in [-0.4, -0.2) is 16.4 Å². The molecule has 0 fully saturated rings. The fourth-order valence-electron chi connectivity index (χ4n) is 2.67. The monoisotopic (exact) mass is 335 g/mol.